The molecule has 0 radical (unpaired) electrons. The van der Waals surface area contributed by atoms with E-state index in [0.717, 1.165) is 0 Å². The van der Waals surface area contributed by atoms with Gasteiger partial charge in [-0.05, 0) is 27.2 Å². The molecule has 0 saturated carbocycles. The molecule has 0 saturated heterocycles. The van der Waals surface area contributed by atoms with E-state index in [-0.39, 0.29) is 25.6 Å². The maximum Gasteiger partial charge on any atom is 0.326 e. The first-order valence-corrected chi connectivity index (χ1v) is 6.28. The van der Waals surface area contributed by atoms with Crippen LogP contribution in [0.3, 0.4) is 0 Å². The number of hydrogen-bond donors (Lipinski definition) is 2. The summed E-state index contributed by atoms with van der Waals surface area (Å²) in [6.45, 7) is 6.84. The summed E-state index contributed by atoms with van der Waals surface area (Å²) in [5.74, 6) is -1.62. The lowest BCUT2D eigenvalue weighted by atomic mass is 10.2. The topological polar surface area (TPSA) is 95.9 Å². The van der Waals surface area contributed by atoms with Crippen molar-refractivity contribution < 1.29 is 24.2 Å². The van der Waals surface area contributed by atoms with Crippen molar-refractivity contribution >= 4 is 18.0 Å². The highest BCUT2D eigenvalue weighted by Gasteiger charge is 2.25. The normalized spacial score (nSPS) is 11.8. The molecule has 0 aromatic carbocycles. The summed E-state index contributed by atoms with van der Waals surface area (Å²) in [5.41, 5.74) is 0. The van der Waals surface area contributed by atoms with Gasteiger partial charge in [-0.25, -0.2) is 9.59 Å². The Hall–Kier alpha value is -1.79. The van der Waals surface area contributed by atoms with Crippen LogP contribution < -0.4 is 5.32 Å². The third-order valence-corrected chi connectivity index (χ3v) is 2.49. The number of carbonyl (C=O) groups excluding carboxylic acids is 2. The van der Waals surface area contributed by atoms with Crippen LogP contribution in [-0.4, -0.2) is 53.2 Å². The zero-order valence-corrected chi connectivity index (χ0v) is 11.8. The van der Waals surface area contributed by atoms with Crippen LogP contribution in [0.2, 0.25) is 0 Å². The second-order valence-corrected chi connectivity index (χ2v) is 4.28. The Bertz CT molecular complexity index is 330. The molecule has 0 aliphatic rings. The van der Waals surface area contributed by atoms with E-state index >= 15 is 0 Å². The van der Waals surface area contributed by atoms with Crippen molar-refractivity contribution in [2.75, 3.05) is 13.2 Å². The largest absolute Gasteiger partial charge is 0.480 e. The lowest BCUT2D eigenvalue weighted by Crippen LogP contribution is -2.51. The highest BCUT2D eigenvalue weighted by molar-refractivity contribution is 5.85. The Balaban J connectivity index is 4.66. The van der Waals surface area contributed by atoms with E-state index in [2.05, 4.69) is 5.32 Å². The van der Waals surface area contributed by atoms with Gasteiger partial charge in [0, 0.05) is 6.04 Å². The fourth-order valence-corrected chi connectivity index (χ4v) is 1.40. The number of ether oxygens (including phenoxy) is 1. The number of amides is 2. The van der Waals surface area contributed by atoms with Crippen molar-refractivity contribution in [1.82, 2.24) is 10.2 Å². The molecular weight excluding hydrogens is 252 g/mol. The lowest BCUT2D eigenvalue weighted by molar-refractivity contribution is -0.144. The van der Waals surface area contributed by atoms with Gasteiger partial charge < -0.3 is 20.1 Å². The molecule has 7 heteroatoms. The summed E-state index contributed by atoms with van der Waals surface area (Å²) in [6.07, 6.45) is 0.270. The van der Waals surface area contributed by atoms with E-state index in [4.69, 9.17) is 9.84 Å². The van der Waals surface area contributed by atoms with Gasteiger partial charge in [-0.15, -0.1) is 0 Å². The van der Waals surface area contributed by atoms with Gasteiger partial charge in [0.05, 0.1) is 6.61 Å². The molecule has 0 heterocycles. The molecule has 0 bridgehead atoms. The number of urea groups is 1. The third kappa shape index (κ3) is 6.08. The molecule has 0 aliphatic carbocycles. The summed E-state index contributed by atoms with van der Waals surface area (Å²) in [7, 11) is 0. The first-order chi connectivity index (χ1) is 8.83. The number of rotatable bonds is 7. The van der Waals surface area contributed by atoms with Crippen molar-refractivity contribution in [3.8, 4) is 0 Å². The number of hydrogen-bond acceptors (Lipinski definition) is 4. The summed E-state index contributed by atoms with van der Waals surface area (Å²) in [6, 6.07) is -1.79. The second-order valence-electron chi connectivity index (χ2n) is 4.28. The zero-order chi connectivity index (χ0) is 15.0. The van der Waals surface area contributed by atoms with E-state index in [1.54, 1.807) is 27.7 Å². The molecule has 0 aliphatic heterocycles. The van der Waals surface area contributed by atoms with Crippen LogP contribution in [0.4, 0.5) is 4.79 Å². The number of nitrogens with one attached hydrogen (secondary N) is 1. The first kappa shape index (κ1) is 17.2. The summed E-state index contributed by atoms with van der Waals surface area (Å²) in [5, 5.41) is 11.3. The molecule has 2 amide bonds. The minimum Gasteiger partial charge on any atom is -0.480 e. The Morgan fingerprint density at radius 3 is 2.21 bits per heavy atom. The van der Waals surface area contributed by atoms with Crippen LogP contribution in [-0.2, 0) is 14.3 Å². The molecule has 110 valence electrons. The smallest absolute Gasteiger partial charge is 0.326 e. The van der Waals surface area contributed by atoms with Gasteiger partial charge in [-0.2, -0.15) is 0 Å². The van der Waals surface area contributed by atoms with Gasteiger partial charge in [0.2, 0.25) is 0 Å². The van der Waals surface area contributed by atoms with Crippen LogP contribution in [0.5, 0.6) is 0 Å². The van der Waals surface area contributed by atoms with Gasteiger partial charge in [0.1, 0.15) is 12.6 Å². The Morgan fingerprint density at radius 2 is 1.84 bits per heavy atom. The molecule has 7 nitrogen and oxygen atoms in total. The Kier molecular flexibility index (Phi) is 7.55. The zero-order valence-electron chi connectivity index (χ0n) is 11.8. The number of aliphatic carboxylic acids is 1. The number of carbonyl (C=O) groups is 3. The second kappa shape index (κ2) is 8.34. The minimum absolute atomic E-state index is 0.201. The molecule has 0 aromatic heterocycles. The predicted octanol–water partition coefficient (Wildman–Crippen LogP) is 0.833. The van der Waals surface area contributed by atoms with Crippen LogP contribution in [0, 0.1) is 0 Å². The van der Waals surface area contributed by atoms with Crippen molar-refractivity contribution in [1.29, 1.82) is 0 Å². The number of nitrogens with zero attached hydrogens (tertiary/aromatic N) is 1. The lowest BCUT2D eigenvalue weighted by Gasteiger charge is -2.27. The molecular formula is C12H22N2O5. The van der Waals surface area contributed by atoms with Crippen molar-refractivity contribution in [2.24, 2.45) is 0 Å². The molecule has 0 aromatic rings. The molecule has 0 rings (SSSR count). The predicted molar refractivity (Wildman–Crippen MR) is 68.7 cm³/mol. The Labute approximate surface area is 112 Å². The monoisotopic (exact) mass is 274 g/mol. The summed E-state index contributed by atoms with van der Waals surface area (Å²) >= 11 is 0. The average molecular weight is 274 g/mol. The minimum atomic E-state index is -1.10. The molecule has 2 N–H and O–H groups in total. The molecule has 0 fully saturated rings. The van der Waals surface area contributed by atoms with Crippen LogP contribution in [0.25, 0.3) is 0 Å². The fourth-order valence-electron chi connectivity index (χ4n) is 1.40. The highest BCUT2D eigenvalue weighted by Crippen LogP contribution is 2.02. The molecule has 19 heavy (non-hydrogen) atoms. The van der Waals surface area contributed by atoms with Crippen molar-refractivity contribution in [3.05, 3.63) is 0 Å². The van der Waals surface area contributed by atoms with Crippen LogP contribution in [0.15, 0.2) is 0 Å². The average Bonchev–Trinajstić information content (AvgIpc) is 2.32. The molecule has 0 spiro atoms. The SMILES string of the molecule is CCOC(=O)CN(C(=O)N[C@@H](CC)C(=O)O)C(C)C. The number of esters is 1. The van der Waals surface area contributed by atoms with Gasteiger partial charge in [-0.1, -0.05) is 6.92 Å². The van der Waals surface area contributed by atoms with E-state index in [0.29, 0.717) is 0 Å². The first-order valence-electron chi connectivity index (χ1n) is 6.28. The summed E-state index contributed by atoms with van der Waals surface area (Å²) < 4.78 is 4.77. The van der Waals surface area contributed by atoms with E-state index < -0.39 is 24.0 Å². The van der Waals surface area contributed by atoms with Gasteiger partial charge in [0.25, 0.3) is 0 Å². The number of carboxylic acids is 1. The van der Waals surface area contributed by atoms with Crippen LogP contribution in [0.1, 0.15) is 34.1 Å². The third-order valence-electron chi connectivity index (χ3n) is 2.49. The standard InChI is InChI=1S/C12H22N2O5/c1-5-9(11(16)17)13-12(18)14(8(3)4)7-10(15)19-6-2/h8-9H,5-7H2,1-4H3,(H,13,18)(H,16,17)/t9-/m0/s1. The maximum atomic E-state index is 11.9. The Morgan fingerprint density at radius 1 is 1.26 bits per heavy atom. The van der Waals surface area contributed by atoms with Crippen molar-refractivity contribution in [2.45, 2.75) is 46.2 Å². The van der Waals surface area contributed by atoms with Gasteiger partial charge in [0.15, 0.2) is 0 Å². The molecule has 0 unspecified atom stereocenters. The van der Waals surface area contributed by atoms with Gasteiger partial charge >= 0.3 is 18.0 Å². The van der Waals surface area contributed by atoms with E-state index in [1.165, 1.54) is 4.90 Å². The van der Waals surface area contributed by atoms with Crippen LogP contribution >= 0.6 is 0 Å². The quantitative estimate of drug-likeness (QED) is 0.670. The summed E-state index contributed by atoms with van der Waals surface area (Å²) in [4.78, 5) is 35.4. The fraction of sp³-hybridized carbons (Fsp3) is 0.750. The van der Waals surface area contributed by atoms with Crippen molar-refractivity contribution in [3.63, 3.8) is 0 Å². The molecule has 1 atom stereocenters. The van der Waals surface area contributed by atoms with E-state index in [1.807, 2.05) is 0 Å². The maximum absolute atomic E-state index is 11.9. The number of carboxylic acid groups (broad SMARTS) is 1. The highest BCUT2D eigenvalue weighted by atomic mass is 16.5. The van der Waals surface area contributed by atoms with Gasteiger partial charge in [-0.3, -0.25) is 4.79 Å². The van der Waals surface area contributed by atoms with E-state index in [9.17, 15) is 14.4 Å².